The molecule has 3 aromatic rings. The maximum atomic E-state index is 12.5. The van der Waals surface area contributed by atoms with Crippen LogP contribution in [0.25, 0.3) is 10.8 Å². The molecule has 0 aromatic heterocycles. The minimum atomic E-state index is -3.66. The van der Waals surface area contributed by atoms with Crippen LogP contribution >= 0.6 is 27.5 Å². The van der Waals surface area contributed by atoms with Crippen molar-refractivity contribution in [1.29, 1.82) is 0 Å². The molecule has 22 heavy (non-hydrogen) atoms. The zero-order valence-electron chi connectivity index (χ0n) is 11.3. The van der Waals surface area contributed by atoms with Crippen LogP contribution in [-0.2, 0) is 10.0 Å². The molecule has 6 heteroatoms. The minimum absolute atomic E-state index is 0.195. The van der Waals surface area contributed by atoms with E-state index >= 15 is 0 Å². The van der Waals surface area contributed by atoms with Gasteiger partial charge in [-0.1, -0.05) is 57.9 Å². The van der Waals surface area contributed by atoms with Gasteiger partial charge in [0, 0.05) is 20.3 Å². The molecule has 0 bridgehead atoms. The molecule has 112 valence electrons. The number of sulfonamides is 1. The van der Waals surface area contributed by atoms with Crippen LogP contribution in [0.5, 0.6) is 0 Å². The van der Waals surface area contributed by atoms with Crippen LogP contribution in [0.2, 0.25) is 5.02 Å². The Kier molecular flexibility index (Phi) is 4.12. The van der Waals surface area contributed by atoms with Crippen molar-refractivity contribution in [3.05, 3.63) is 70.2 Å². The van der Waals surface area contributed by atoms with Crippen LogP contribution in [0, 0.1) is 0 Å². The maximum absolute atomic E-state index is 12.5. The van der Waals surface area contributed by atoms with E-state index in [9.17, 15) is 8.42 Å². The molecule has 0 unspecified atom stereocenters. The van der Waals surface area contributed by atoms with Gasteiger partial charge in [-0.15, -0.1) is 0 Å². The fourth-order valence-electron chi connectivity index (χ4n) is 2.19. The molecule has 1 N–H and O–H groups in total. The number of fused-ring (bicyclic) bond motifs is 1. The van der Waals surface area contributed by atoms with E-state index in [-0.39, 0.29) is 4.90 Å². The summed E-state index contributed by atoms with van der Waals surface area (Å²) >= 11 is 9.43. The lowest BCUT2D eigenvalue weighted by Gasteiger charge is -2.12. The van der Waals surface area contributed by atoms with Crippen molar-refractivity contribution in [3.63, 3.8) is 0 Å². The van der Waals surface area contributed by atoms with E-state index in [0.29, 0.717) is 15.2 Å². The Morgan fingerprint density at radius 3 is 2.36 bits per heavy atom. The lowest BCUT2D eigenvalue weighted by atomic mass is 10.1. The number of halogens is 2. The number of benzene rings is 3. The summed E-state index contributed by atoms with van der Waals surface area (Å²) in [4.78, 5) is 0.195. The molecule has 0 aliphatic heterocycles. The maximum Gasteiger partial charge on any atom is 0.261 e. The van der Waals surface area contributed by atoms with E-state index in [2.05, 4.69) is 20.7 Å². The summed E-state index contributed by atoms with van der Waals surface area (Å²) in [6.07, 6.45) is 0. The van der Waals surface area contributed by atoms with Crippen LogP contribution < -0.4 is 4.72 Å². The van der Waals surface area contributed by atoms with Crippen LogP contribution in [0.3, 0.4) is 0 Å². The van der Waals surface area contributed by atoms with Crippen LogP contribution in [-0.4, -0.2) is 8.42 Å². The summed E-state index contributed by atoms with van der Waals surface area (Å²) < 4.78 is 28.4. The van der Waals surface area contributed by atoms with Crippen molar-refractivity contribution < 1.29 is 8.42 Å². The monoisotopic (exact) mass is 395 g/mol. The first kappa shape index (κ1) is 15.3. The number of nitrogens with one attached hydrogen (secondary N) is 1. The van der Waals surface area contributed by atoms with Crippen molar-refractivity contribution >= 4 is 54.0 Å². The molecule has 0 aliphatic carbocycles. The van der Waals surface area contributed by atoms with E-state index in [1.54, 1.807) is 36.4 Å². The van der Waals surface area contributed by atoms with Gasteiger partial charge in [-0.25, -0.2) is 8.42 Å². The van der Waals surface area contributed by atoms with E-state index in [1.165, 1.54) is 0 Å². The Hall–Kier alpha value is -1.56. The second-order valence-corrected chi connectivity index (χ2v) is 7.71. The van der Waals surface area contributed by atoms with Gasteiger partial charge in [-0.2, -0.15) is 0 Å². The Bertz CT molecular complexity index is 957. The third kappa shape index (κ3) is 2.97. The van der Waals surface area contributed by atoms with Crippen molar-refractivity contribution in [2.24, 2.45) is 0 Å². The summed E-state index contributed by atoms with van der Waals surface area (Å²) in [5.41, 5.74) is 0.500. The highest BCUT2D eigenvalue weighted by atomic mass is 79.9. The van der Waals surface area contributed by atoms with Gasteiger partial charge in [0.2, 0.25) is 0 Å². The van der Waals surface area contributed by atoms with Gasteiger partial charge >= 0.3 is 0 Å². The summed E-state index contributed by atoms with van der Waals surface area (Å²) in [7, 11) is -3.66. The van der Waals surface area contributed by atoms with Gasteiger partial charge in [0.15, 0.2) is 0 Å². The van der Waals surface area contributed by atoms with E-state index < -0.39 is 10.0 Å². The van der Waals surface area contributed by atoms with Gasteiger partial charge in [-0.05, 0) is 30.3 Å². The Labute approximate surface area is 142 Å². The van der Waals surface area contributed by atoms with Crippen LogP contribution in [0.1, 0.15) is 0 Å². The van der Waals surface area contributed by atoms with Gasteiger partial charge in [0.1, 0.15) is 0 Å². The van der Waals surface area contributed by atoms with E-state index in [4.69, 9.17) is 11.6 Å². The number of hydrogen-bond acceptors (Lipinski definition) is 2. The highest BCUT2D eigenvalue weighted by molar-refractivity contribution is 9.10. The van der Waals surface area contributed by atoms with Gasteiger partial charge in [0.25, 0.3) is 10.0 Å². The molecule has 3 aromatic carbocycles. The normalized spacial score (nSPS) is 11.5. The quantitative estimate of drug-likeness (QED) is 0.673. The smallest absolute Gasteiger partial charge is 0.261 e. The van der Waals surface area contributed by atoms with Gasteiger partial charge < -0.3 is 0 Å². The first-order valence-corrected chi connectivity index (χ1v) is 9.08. The number of rotatable bonds is 3. The second kappa shape index (κ2) is 5.91. The van der Waals surface area contributed by atoms with Crippen molar-refractivity contribution in [3.8, 4) is 0 Å². The summed E-state index contributed by atoms with van der Waals surface area (Å²) in [5.74, 6) is 0. The van der Waals surface area contributed by atoms with Gasteiger partial charge in [0.05, 0.1) is 10.6 Å². The lowest BCUT2D eigenvalue weighted by molar-refractivity contribution is 0.601. The fourth-order valence-corrected chi connectivity index (χ4v) is 4.09. The zero-order valence-corrected chi connectivity index (χ0v) is 14.4. The number of hydrogen-bond donors (Lipinski definition) is 1. The molecular formula is C16H11BrClNO2S. The van der Waals surface area contributed by atoms with Crippen molar-refractivity contribution in [2.45, 2.75) is 4.90 Å². The average Bonchev–Trinajstić information content (AvgIpc) is 2.50. The molecular weight excluding hydrogens is 386 g/mol. The minimum Gasteiger partial charge on any atom is -0.279 e. The molecule has 0 amide bonds. The molecule has 0 radical (unpaired) electrons. The van der Waals surface area contributed by atoms with Gasteiger partial charge in [-0.3, -0.25) is 4.72 Å². The lowest BCUT2D eigenvalue weighted by Crippen LogP contribution is -2.13. The second-order valence-electron chi connectivity index (χ2n) is 4.70. The topological polar surface area (TPSA) is 46.2 Å². The molecule has 0 saturated heterocycles. The average molecular weight is 397 g/mol. The predicted octanol–water partition coefficient (Wildman–Crippen LogP) is 5.06. The molecule has 0 atom stereocenters. The molecule has 0 spiro atoms. The van der Waals surface area contributed by atoms with Crippen molar-refractivity contribution in [1.82, 2.24) is 0 Å². The highest BCUT2D eigenvalue weighted by Gasteiger charge is 2.16. The van der Waals surface area contributed by atoms with E-state index in [1.807, 2.05) is 24.3 Å². The Morgan fingerprint density at radius 1 is 0.909 bits per heavy atom. The molecule has 0 saturated carbocycles. The third-order valence-electron chi connectivity index (χ3n) is 3.22. The highest BCUT2D eigenvalue weighted by Crippen LogP contribution is 2.31. The first-order valence-electron chi connectivity index (χ1n) is 6.43. The molecule has 0 fully saturated rings. The fraction of sp³-hybridized carbons (Fsp3) is 0. The van der Waals surface area contributed by atoms with Crippen LogP contribution in [0.15, 0.2) is 70.0 Å². The SMILES string of the molecule is O=S(=O)(Nc1ccc(Cl)c2ccccc12)c1cccc(Br)c1. The van der Waals surface area contributed by atoms with E-state index in [0.717, 1.165) is 10.8 Å². The number of anilines is 1. The van der Waals surface area contributed by atoms with Crippen molar-refractivity contribution in [2.75, 3.05) is 4.72 Å². The molecule has 0 aliphatic rings. The predicted molar refractivity (Wildman–Crippen MR) is 93.9 cm³/mol. The molecule has 0 heterocycles. The largest absolute Gasteiger partial charge is 0.279 e. The summed E-state index contributed by atoms with van der Waals surface area (Å²) in [6, 6.07) is 17.3. The van der Waals surface area contributed by atoms with Crippen LogP contribution in [0.4, 0.5) is 5.69 Å². The first-order chi connectivity index (χ1) is 10.5. The summed E-state index contributed by atoms with van der Waals surface area (Å²) in [6.45, 7) is 0. The molecule has 3 rings (SSSR count). The zero-order chi connectivity index (χ0) is 15.7. The Morgan fingerprint density at radius 2 is 1.64 bits per heavy atom. The Balaban J connectivity index is 2.09. The third-order valence-corrected chi connectivity index (χ3v) is 5.41. The standard InChI is InChI=1S/C16H11BrClNO2S/c17-11-4-3-5-12(10-11)22(20,21)19-16-9-8-15(18)13-6-1-2-7-14(13)16/h1-10,19H. The molecule has 3 nitrogen and oxygen atoms in total. The summed E-state index contributed by atoms with van der Waals surface area (Å²) in [5, 5.41) is 2.15.